The zero-order valence-electron chi connectivity index (χ0n) is 8.66. The summed E-state index contributed by atoms with van der Waals surface area (Å²) in [6.07, 6.45) is 1.40. The second-order valence-corrected chi connectivity index (χ2v) is 4.06. The van der Waals surface area contributed by atoms with Crippen molar-refractivity contribution < 1.29 is 13.5 Å². The van der Waals surface area contributed by atoms with E-state index in [9.17, 15) is 13.6 Å². The van der Waals surface area contributed by atoms with Crippen LogP contribution in [0.1, 0.15) is 0 Å². The van der Waals surface area contributed by atoms with Gasteiger partial charge in [0.15, 0.2) is 0 Å². The molecule has 1 aromatic carbocycles. The lowest BCUT2D eigenvalue weighted by Gasteiger charge is -2.10. The summed E-state index contributed by atoms with van der Waals surface area (Å²) in [5.74, 6) is -0.177. The number of alkyl halides is 2. The third-order valence-electron chi connectivity index (χ3n) is 2.09. The number of nitrogens with zero attached hydrogens (tertiary/aromatic N) is 1. The van der Waals surface area contributed by atoms with Gasteiger partial charge in [0.2, 0.25) is 0 Å². The van der Waals surface area contributed by atoms with Crippen LogP contribution in [0.3, 0.4) is 0 Å². The Kier molecular flexibility index (Phi) is 3.58. The van der Waals surface area contributed by atoms with Crippen molar-refractivity contribution in [3.63, 3.8) is 0 Å². The van der Waals surface area contributed by atoms with E-state index in [1.165, 1.54) is 12.3 Å². The van der Waals surface area contributed by atoms with E-state index in [1.54, 1.807) is 0 Å². The number of halogens is 4. The predicted octanol–water partition coefficient (Wildman–Crippen LogP) is 3.07. The Morgan fingerprint density at radius 3 is 2.33 bits per heavy atom. The Balaban J connectivity index is 2.51. The molecule has 0 aliphatic carbocycles. The fourth-order valence-electron chi connectivity index (χ4n) is 1.42. The van der Waals surface area contributed by atoms with Crippen LogP contribution in [0.25, 0.3) is 5.69 Å². The number of hydrogen-bond acceptors (Lipinski definition) is 2. The van der Waals surface area contributed by atoms with E-state index in [2.05, 4.69) is 9.84 Å². The van der Waals surface area contributed by atoms with E-state index < -0.39 is 6.61 Å². The molecule has 0 saturated heterocycles. The molecule has 1 heterocycles. The first-order valence-corrected chi connectivity index (χ1v) is 5.45. The first-order chi connectivity index (χ1) is 8.49. The topological polar surface area (TPSA) is 47.0 Å². The van der Waals surface area contributed by atoms with Crippen molar-refractivity contribution in [2.45, 2.75) is 6.61 Å². The Hall–Kier alpha value is -1.53. The minimum absolute atomic E-state index is 0.0164. The van der Waals surface area contributed by atoms with Crippen LogP contribution in [0.2, 0.25) is 10.0 Å². The van der Waals surface area contributed by atoms with Gasteiger partial charge in [-0.1, -0.05) is 23.2 Å². The second-order valence-electron chi connectivity index (χ2n) is 3.25. The number of aromatic nitrogens is 2. The summed E-state index contributed by atoms with van der Waals surface area (Å²) in [6.45, 7) is -2.98. The van der Waals surface area contributed by atoms with Crippen LogP contribution in [0.5, 0.6) is 5.75 Å². The highest BCUT2D eigenvalue weighted by Crippen LogP contribution is 2.32. The van der Waals surface area contributed by atoms with Gasteiger partial charge in [-0.3, -0.25) is 9.89 Å². The predicted molar refractivity (Wildman–Crippen MR) is 63.0 cm³/mol. The molecule has 18 heavy (non-hydrogen) atoms. The van der Waals surface area contributed by atoms with Crippen LogP contribution in [0, 0.1) is 0 Å². The van der Waals surface area contributed by atoms with Crippen LogP contribution in [0.4, 0.5) is 8.78 Å². The highest BCUT2D eigenvalue weighted by molar-refractivity contribution is 6.38. The third kappa shape index (κ3) is 2.49. The molecule has 2 rings (SSSR count). The molecule has 1 N–H and O–H groups in total. The Morgan fingerprint density at radius 2 is 1.89 bits per heavy atom. The van der Waals surface area contributed by atoms with Crippen molar-refractivity contribution in [2.24, 2.45) is 0 Å². The van der Waals surface area contributed by atoms with Gasteiger partial charge in [-0.05, 0) is 0 Å². The summed E-state index contributed by atoms with van der Waals surface area (Å²) in [4.78, 5) is 11.4. The van der Waals surface area contributed by atoms with Crippen molar-refractivity contribution in [1.29, 1.82) is 0 Å². The molecular formula is C10H6Cl2F2N2O2. The molecule has 8 heteroatoms. The quantitative estimate of drug-likeness (QED) is 0.946. The summed E-state index contributed by atoms with van der Waals surface area (Å²) < 4.78 is 29.4. The molecule has 0 spiro atoms. The largest absolute Gasteiger partial charge is 0.435 e. The van der Waals surface area contributed by atoms with Crippen molar-refractivity contribution in [2.75, 3.05) is 0 Å². The number of hydrogen-bond donors (Lipinski definition) is 1. The molecule has 0 fully saturated rings. The van der Waals surface area contributed by atoms with Crippen molar-refractivity contribution in [3.8, 4) is 11.4 Å². The van der Waals surface area contributed by atoms with Gasteiger partial charge >= 0.3 is 6.61 Å². The minimum Gasteiger partial charge on any atom is -0.435 e. The molecule has 0 saturated carbocycles. The maximum atomic E-state index is 12.1. The van der Waals surface area contributed by atoms with E-state index in [4.69, 9.17) is 23.2 Å². The normalized spacial score (nSPS) is 10.9. The number of benzene rings is 1. The molecule has 1 aromatic heterocycles. The van der Waals surface area contributed by atoms with Crippen LogP contribution in [0.15, 0.2) is 29.2 Å². The van der Waals surface area contributed by atoms with Gasteiger partial charge in [0.05, 0.1) is 10.0 Å². The standard InChI is InChI=1S/C10H6Cl2F2N2O2/c11-6-3-5(18-10(13)14)4-7(12)9(6)16-8(17)1-2-15-16/h1-4,10,15H. The van der Waals surface area contributed by atoms with Gasteiger partial charge < -0.3 is 4.74 Å². The Labute approximate surface area is 110 Å². The molecule has 4 nitrogen and oxygen atoms in total. The number of ether oxygens (including phenoxy) is 1. The molecule has 0 aliphatic rings. The molecule has 0 amide bonds. The molecule has 0 aliphatic heterocycles. The van der Waals surface area contributed by atoms with Crippen LogP contribution in [-0.4, -0.2) is 16.4 Å². The van der Waals surface area contributed by atoms with Crippen molar-refractivity contribution >= 4 is 23.2 Å². The summed E-state index contributed by atoms with van der Waals surface area (Å²) in [6, 6.07) is 3.58. The number of H-pyrrole nitrogens is 1. The average Bonchev–Trinajstić information content (AvgIpc) is 2.63. The van der Waals surface area contributed by atoms with Crippen molar-refractivity contribution in [1.82, 2.24) is 9.78 Å². The summed E-state index contributed by atoms with van der Waals surface area (Å²) >= 11 is 11.8. The first kappa shape index (κ1) is 12.9. The van der Waals surface area contributed by atoms with E-state index in [0.29, 0.717) is 0 Å². The van der Waals surface area contributed by atoms with E-state index in [1.807, 2.05) is 0 Å². The SMILES string of the molecule is O=c1cc[nH]n1-c1c(Cl)cc(OC(F)F)cc1Cl. The Bertz CT molecular complexity index is 601. The minimum atomic E-state index is -2.98. The molecule has 0 bridgehead atoms. The molecule has 0 unspecified atom stereocenters. The maximum absolute atomic E-state index is 12.1. The van der Waals surface area contributed by atoms with E-state index >= 15 is 0 Å². The van der Waals surface area contributed by atoms with Gasteiger partial charge in [0, 0.05) is 24.4 Å². The van der Waals surface area contributed by atoms with Gasteiger partial charge in [0.1, 0.15) is 11.4 Å². The highest BCUT2D eigenvalue weighted by atomic mass is 35.5. The van der Waals surface area contributed by atoms with Gasteiger partial charge in [-0.2, -0.15) is 8.78 Å². The fourth-order valence-corrected chi connectivity index (χ4v) is 2.06. The van der Waals surface area contributed by atoms with Crippen LogP contribution >= 0.6 is 23.2 Å². The van der Waals surface area contributed by atoms with Gasteiger partial charge in [-0.15, -0.1) is 0 Å². The maximum Gasteiger partial charge on any atom is 0.387 e. The summed E-state index contributed by atoms with van der Waals surface area (Å²) in [5, 5.41) is 2.64. The lowest BCUT2D eigenvalue weighted by molar-refractivity contribution is -0.0498. The lowest BCUT2D eigenvalue weighted by Crippen LogP contribution is -2.14. The monoisotopic (exact) mass is 294 g/mol. The molecule has 0 radical (unpaired) electrons. The summed E-state index contributed by atoms with van der Waals surface area (Å²) in [7, 11) is 0. The number of aromatic amines is 1. The summed E-state index contributed by atoms with van der Waals surface area (Å²) in [5.41, 5.74) is -0.198. The highest BCUT2D eigenvalue weighted by Gasteiger charge is 2.14. The zero-order chi connectivity index (χ0) is 13.3. The Morgan fingerprint density at radius 1 is 1.28 bits per heavy atom. The molecule has 0 atom stereocenters. The van der Waals surface area contributed by atoms with E-state index in [0.717, 1.165) is 16.8 Å². The van der Waals surface area contributed by atoms with E-state index in [-0.39, 0.29) is 27.0 Å². The number of nitrogens with one attached hydrogen (secondary N) is 1. The smallest absolute Gasteiger partial charge is 0.387 e. The van der Waals surface area contributed by atoms with Gasteiger partial charge in [0.25, 0.3) is 5.56 Å². The fraction of sp³-hybridized carbons (Fsp3) is 0.100. The molecule has 2 aromatic rings. The average molecular weight is 295 g/mol. The molecular weight excluding hydrogens is 289 g/mol. The van der Waals surface area contributed by atoms with Crippen molar-refractivity contribution in [3.05, 3.63) is 44.8 Å². The third-order valence-corrected chi connectivity index (χ3v) is 2.67. The number of rotatable bonds is 3. The lowest BCUT2D eigenvalue weighted by atomic mass is 10.3. The van der Waals surface area contributed by atoms with Crippen LogP contribution < -0.4 is 10.3 Å². The zero-order valence-corrected chi connectivity index (χ0v) is 10.2. The second kappa shape index (κ2) is 4.99. The van der Waals surface area contributed by atoms with Gasteiger partial charge in [-0.25, -0.2) is 4.68 Å². The molecule has 96 valence electrons. The van der Waals surface area contributed by atoms with Crippen LogP contribution in [-0.2, 0) is 0 Å². The first-order valence-electron chi connectivity index (χ1n) is 4.69.